The van der Waals surface area contributed by atoms with E-state index in [0.29, 0.717) is 0 Å². The van der Waals surface area contributed by atoms with E-state index < -0.39 is 0 Å². The van der Waals surface area contributed by atoms with Crippen molar-refractivity contribution >= 4 is 31.5 Å². The molecule has 0 bridgehead atoms. The number of ether oxygens (including phenoxy) is 2. The van der Waals surface area contributed by atoms with Gasteiger partial charge >= 0.3 is 0 Å². The fraction of sp³-hybridized carbons (Fsp3) is 0.600. The molecule has 0 amide bonds. The second-order valence-electron chi connectivity index (χ2n) is 9.56. The molecule has 2 nitrogen and oxygen atoms in total. The van der Waals surface area contributed by atoms with Crippen LogP contribution in [0.4, 0.5) is 0 Å². The Hall–Kier alpha value is -1.74. The summed E-state index contributed by atoms with van der Waals surface area (Å²) < 4.78 is 15.2. The van der Waals surface area contributed by atoms with Gasteiger partial charge in [0, 0.05) is 26.2 Å². The van der Waals surface area contributed by atoms with E-state index in [9.17, 15) is 0 Å². The summed E-state index contributed by atoms with van der Waals surface area (Å²) >= 11 is 1.86. The summed E-state index contributed by atoms with van der Waals surface area (Å²) in [6.07, 6.45) is 15.3. The predicted molar refractivity (Wildman–Crippen MR) is 147 cm³/mol. The van der Waals surface area contributed by atoms with Crippen molar-refractivity contribution in [1.82, 2.24) is 0 Å². The molecule has 1 heterocycles. The van der Waals surface area contributed by atoms with Crippen molar-refractivity contribution in [2.24, 2.45) is 0 Å². The summed E-state index contributed by atoms with van der Waals surface area (Å²) in [7, 11) is 0. The van der Waals surface area contributed by atoms with Gasteiger partial charge in [0.05, 0.1) is 13.2 Å². The van der Waals surface area contributed by atoms with Crippen molar-refractivity contribution in [3.05, 3.63) is 35.4 Å². The minimum absolute atomic E-state index is 0.769. The Balaban J connectivity index is 1.70. The number of hydrogen-bond donors (Lipinski definition) is 0. The molecular formula is C30H44O2S. The van der Waals surface area contributed by atoms with E-state index in [0.717, 1.165) is 37.6 Å². The van der Waals surface area contributed by atoms with Gasteiger partial charge in [-0.1, -0.05) is 78.1 Å². The van der Waals surface area contributed by atoms with Crippen LogP contribution in [-0.2, 0) is 0 Å². The molecule has 0 N–H and O–H groups in total. The third kappa shape index (κ3) is 7.64. The van der Waals surface area contributed by atoms with Gasteiger partial charge in [0.2, 0.25) is 0 Å². The van der Waals surface area contributed by atoms with Crippen molar-refractivity contribution < 1.29 is 9.47 Å². The van der Waals surface area contributed by atoms with Crippen LogP contribution < -0.4 is 9.47 Å². The number of aryl methyl sites for hydroxylation is 2. The van der Waals surface area contributed by atoms with Crippen LogP contribution in [0.5, 0.6) is 11.5 Å². The first-order valence-electron chi connectivity index (χ1n) is 13.4. The molecule has 3 rings (SSSR count). The molecule has 0 aliphatic heterocycles. The van der Waals surface area contributed by atoms with E-state index in [-0.39, 0.29) is 0 Å². The van der Waals surface area contributed by atoms with Crippen LogP contribution in [-0.4, -0.2) is 13.2 Å². The molecule has 0 atom stereocenters. The third-order valence-corrected chi connectivity index (χ3v) is 7.78. The summed E-state index contributed by atoms with van der Waals surface area (Å²) in [5.41, 5.74) is 2.70. The number of fused-ring (bicyclic) bond motifs is 3. The molecule has 0 aliphatic rings. The predicted octanol–water partition coefficient (Wildman–Crippen LogP) is 10.1. The minimum Gasteiger partial charge on any atom is -0.490 e. The molecule has 3 aromatic rings. The molecule has 0 aliphatic carbocycles. The molecule has 182 valence electrons. The van der Waals surface area contributed by atoms with Gasteiger partial charge in [-0.2, -0.15) is 0 Å². The fourth-order valence-corrected chi connectivity index (χ4v) is 5.59. The van der Waals surface area contributed by atoms with Crippen LogP contribution in [0, 0.1) is 13.8 Å². The molecule has 2 aromatic carbocycles. The monoisotopic (exact) mass is 468 g/mol. The highest BCUT2D eigenvalue weighted by molar-refractivity contribution is 7.25. The van der Waals surface area contributed by atoms with Gasteiger partial charge < -0.3 is 9.47 Å². The highest BCUT2D eigenvalue weighted by atomic mass is 32.1. The van der Waals surface area contributed by atoms with E-state index in [1.54, 1.807) is 0 Å². The zero-order valence-electron chi connectivity index (χ0n) is 21.4. The molecule has 3 heteroatoms. The molecule has 0 radical (unpaired) electrons. The molecule has 0 fully saturated rings. The maximum Gasteiger partial charge on any atom is 0.162 e. The maximum atomic E-state index is 6.31. The van der Waals surface area contributed by atoms with Crippen molar-refractivity contribution in [2.75, 3.05) is 13.2 Å². The van der Waals surface area contributed by atoms with Crippen LogP contribution in [0.1, 0.15) is 102 Å². The second kappa shape index (κ2) is 13.8. The van der Waals surface area contributed by atoms with E-state index in [2.05, 4.69) is 52.0 Å². The summed E-state index contributed by atoms with van der Waals surface area (Å²) in [4.78, 5) is 0. The molecule has 1 aromatic heterocycles. The Morgan fingerprint density at radius 1 is 0.545 bits per heavy atom. The van der Waals surface area contributed by atoms with Crippen LogP contribution in [0.25, 0.3) is 20.2 Å². The van der Waals surface area contributed by atoms with Gasteiger partial charge in [-0.05, 0) is 56.0 Å². The number of thiophene rings is 1. The fourth-order valence-electron chi connectivity index (χ4n) is 4.39. The highest BCUT2D eigenvalue weighted by Crippen LogP contribution is 2.41. The van der Waals surface area contributed by atoms with Crippen molar-refractivity contribution in [1.29, 1.82) is 0 Å². The first kappa shape index (κ1) is 25.9. The Kier molecular flexibility index (Phi) is 10.9. The van der Waals surface area contributed by atoms with Crippen molar-refractivity contribution in [2.45, 2.75) is 105 Å². The topological polar surface area (TPSA) is 18.5 Å². The Bertz CT molecular complexity index is 988. The lowest BCUT2D eigenvalue weighted by Gasteiger charge is -2.14. The lowest BCUT2D eigenvalue weighted by molar-refractivity contribution is 0.259. The van der Waals surface area contributed by atoms with E-state index in [1.165, 1.54) is 95.5 Å². The number of hydrogen-bond acceptors (Lipinski definition) is 3. The maximum absolute atomic E-state index is 6.31. The lowest BCUT2D eigenvalue weighted by atomic mass is 10.1. The third-order valence-electron chi connectivity index (χ3n) is 6.66. The quantitative estimate of drug-likeness (QED) is 0.195. The largest absolute Gasteiger partial charge is 0.490 e. The van der Waals surface area contributed by atoms with Gasteiger partial charge in [-0.15, -0.1) is 11.3 Å². The summed E-state index contributed by atoms with van der Waals surface area (Å²) in [6.45, 7) is 10.5. The van der Waals surface area contributed by atoms with Gasteiger partial charge in [0.25, 0.3) is 0 Å². The first-order valence-corrected chi connectivity index (χ1v) is 14.2. The van der Waals surface area contributed by atoms with E-state index in [1.807, 2.05) is 11.3 Å². The van der Waals surface area contributed by atoms with Crippen molar-refractivity contribution in [3.8, 4) is 11.5 Å². The average Bonchev–Trinajstić information content (AvgIpc) is 3.14. The van der Waals surface area contributed by atoms with Gasteiger partial charge in [-0.25, -0.2) is 0 Å². The van der Waals surface area contributed by atoms with Gasteiger partial charge in [0.1, 0.15) is 0 Å². The molecule has 0 saturated carbocycles. The SMILES string of the molecule is CCCCCCCCOc1cc2sc3cc(C)c(C)cc3c2cc1OCCCCCCCC. The zero-order valence-corrected chi connectivity index (χ0v) is 22.3. The number of unbranched alkanes of at least 4 members (excludes halogenated alkanes) is 10. The molecule has 33 heavy (non-hydrogen) atoms. The zero-order chi connectivity index (χ0) is 23.5. The second-order valence-corrected chi connectivity index (χ2v) is 10.6. The molecule has 0 saturated heterocycles. The first-order chi connectivity index (χ1) is 16.1. The summed E-state index contributed by atoms with van der Waals surface area (Å²) in [6, 6.07) is 9.11. The molecule has 0 unspecified atom stereocenters. The van der Waals surface area contributed by atoms with Crippen LogP contribution in [0.15, 0.2) is 24.3 Å². The molecule has 0 spiro atoms. The van der Waals surface area contributed by atoms with Gasteiger partial charge in [-0.3, -0.25) is 0 Å². The van der Waals surface area contributed by atoms with E-state index in [4.69, 9.17) is 9.47 Å². The standard InChI is InChI=1S/C30H44O2S/c1-5-7-9-11-13-15-17-31-27-21-26-25-19-23(3)24(4)20-29(25)33-30(26)22-28(27)32-18-16-14-12-10-8-6-2/h19-22H,5-18H2,1-4H3. The van der Waals surface area contributed by atoms with Crippen LogP contribution >= 0.6 is 11.3 Å². The summed E-state index contributed by atoms with van der Waals surface area (Å²) in [5.74, 6) is 1.84. The normalized spacial score (nSPS) is 11.5. The minimum atomic E-state index is 0.769. The smallest absolute Gasteiger partial charge is 0.162 e. The highest BCUT2D eigenvalue weighted by Gasteiger charge is 2.14. The lowest BCUT2D eigenvalue weighted by Crippen LogP contribution is -2.02. The van der Waals surface area contributed by atoms with Crippen LogP contribution in [0.2, 0.25) is 0 Å². The number of benzene rings is 2. The average molecular weight is 469 g/mol. The number of rotatable bonds is 16. The molecular weight excluding hydrogens is 424 g/mol. The Morgan fingerprint density at radius 2 is 1.00 bits per heavy atom. The van der Waals surface area contributed by atoms with Gasteiger partial charge in [0.15, 0.2) is 11.5 Å². The Labute approximate surface area is 205 Å². The Morgan fingerprint density at radius 3 is 1.61 bits per heavy atom. The van der Waals surface area contributed by atoms with Crippen molar-refractivity contribution in [3.63, 3.8) is 0 Å². The summed E-state index contributed by atoms with van der Waals surface area (Å²) in [5, 5.41) is 2.63. The van der Waals surface area contributed by atoms with E-state index >= 15 is 0 Å². The van der Waals surface area contributed by atoms with Crippen LogP contribution in [0.3, 0.4) is 0 Å².